The van der Waals surface area contributed by atoms with Gasteiger partial charge in [-0.15, -0.1) is 35.3 Å². The van der Waals surface area contributed by atoms with Crippen molar-refractivity contribution >= 4 is 41.3 Å². The lowest BCUT2D eigenvalue weighted by atomic mass is 10.2. The molecule has 0 spiro atoms. The van der Waals surface area contributed by atoms with Crippen LogP contribution in [0.15, 0.2) is 29.3 Å². The molecule has 2 N–H and O–H groups in total. The molecule has 0 aliphatic rings. The van der Waals surface area contributed by atoms with E-state index in [-0.39, 0.29) is 24.0 Å². The molecule has 5 nitrogen and oxygen atoms in total. The number of hydrogen-bond acceptors (Lipinski definition) is 4. The number of aryl methyl sites for hydroxylation is 2. The van der Waals surface area contributed by atoms with E-state index in [4.69, 9.17) is 4.74 Å². The number of para-hydroxylation sites is 1. The summed E-state index contributed by atoms with van der Waals surface area (Å²) in [5.41, 5.74) is 2.15. The normalized spacial score (nSPS) is 10.9. The molecular formula is C17H25IN4OS. The summed E-state index contributed by atoms with van der Waals surface area (Å²) in [6.45, 7) is 8.25. The van der Waals surface area contributed by atoms with Gasteiger partial charge in [0.25, 0.3) is 0 Å². The molecule has 0 amide bonds. The quantitative estimate of drug-likeness (QED) is 0.393. The third kappa shape index (κ3) is 5.94. The van der Waals surface area contributed by atoms with Crippen molar-refractivity contribution in [3.8, 4) is 5.75 Å². The molecule has 1 aromatic carbocycles. The molecule has 1 heterocycles. The maximum atomic E-state index is 5.37. The third-order valence-electron chi connectivity index (χ3n) is 3.36. The summed E-state index contributed by atoms with van der Waals surface area (Å²) in [7, 11) is 1.68. The Hall–Kier alpha value is -1.35. The van der Waals surface area contributed by atoms with Crippen molar-refractivity contribution in [3.63, 3.8) is 0 Å². The van der Waals surface area contributed by atoms with E-state index in [1.165, 1.54) is 4.88 Å². The summed E-state index contributed by atoms with van der Waals surface area (Å²) in [6.07, 6.45) is 0. The zero-order valence-electron chi connectivity index (χ0n) is 14.5. The smallest absolute Gasteiger partial charge is 0.191 e. The van der Waals surface area contributed by atoms with Crippen LogP contribution in [-0.2, 0) is 13.1 Å². The second-order valence-electron chi connectivity index (χ2n) is 5.10. The third-order valence-corrected chi connectivity index (χ3v) is 4.43. The summed E-state index contributed by atoms with van der Waals surface area (Å²) in [6, 6.07) is 7.94. The van der Waals surface area contributed by atoms with E-state index < -0.39 is 0 Å². The number of nitrogens with one attached hydrogen (secondary N) is 2. The van der Waals surface area contributed by atoms with E-state index in [1.54, 1.807) is 18.4 Å². The van der Waals surface area contributed by atoms with Crippen LogP contribution in [0.2, 0.25) is 0 Å². The van der Waals surface area contributed by atoms with Crippen molar-refractivity contribution in [2.45, 2.75) is 33.9 Å². The van der Waals surface area contributed by atoms with E-state index >= 15 is 0 Å². The maximum Gasteiger partial charge on any atom is 0.191 e. The first-order valence-corrected chi connectivity index (χ1v) is 8.52. The number of aliphatic imine (C=N–C) groups is 1. The monoisotopic (exact) mass is 460 g/mol. The highest BCUT2D eigenvalue weighted by Crippen LogP contribution is 2.18. The largest absolute Gasteiger partial charge is 0.496 e. The van der Waals surface area contributed by atoms with E-state index in [2.05, 4.69) is 27.5 Å². The molecule has 1 aromatic heterocycles. The Morgan fingerprint density at radius 2 is 2.00 bits per heavy atom. The minimum atomic E-state index is 0. The van der Waals surface area contributed by atoms with Crippen molar-refractivity contribution < 1.29 is 4.74 Å². The zero-order chi connectivity index (χ0) is 16.7. The van der Waals surface area contributed by atoms with Gasteiger partial charge in [-0.25, -0.2) is 9.98 Å². The fraction of sp³-hybridized carbons (Fsp3) is 0.412. The summed E-state index contributed by atoms with van der Waals surface area (Å²) in [5, 5.41) is 7.73. The van der Waals surface area contributed by atoms with Gasteiger partial charge < -0.3 is 15.4 Å². The fourth-order valence-corrected chi connectivity index (χ4v) is 3.12. The lowest BCUT2D eigenvalue weighted by molar-refractivity contribution is 0.410. The molecule has 0 fully saturated rings. The number of aromatic nitrogens is 1. The summed E-state index contributed by atoms with van der Waals surface area (Å²) >= 11 is 1.72. The Morgan fingerprint density at radius 1 is 1.25 bits per heavy atom. The minimum absolute atomic E-state index is 0. The Kier molecular flexibility index (Phi) is 9.05. The van der Waals surface area contributed by atoms with Gasteiger partial charge in [-0.3, -0.25) is 0 Å². The molecule has 0 aliphatic heterocycles. The predicted molar refractivity (Wildman–Crippen MR) is 112 cm³/mol. The lowest BCUT2D eigenvalue weighted by Crippen LogP contribution is -2.36. The van der Waals surface area contributed by atoms with Crippen molar-refractivity contribution in [3.05, 3.63) is 45.4 Å². The highest BCUT2D eigenvalue weighted by atomic mass is 127. The zero-order valence-corrected chi connectivity index (χ0v) is 17.7. The Balaban J connectivity index is 0.00000288. The number of nitrogens with zero attached hydrogens (tertiary/aromatic N) is 2. The topological polar surface area (TPSA) is 58.5 Å². The first-order chi connectivity index (χ1) is 11.1. The van der Waals surface area contributed by atoms with Crippen LogP contribution in [0.1, 0.15) is 28.1 Å². The van der Waals surface area contributed by atoms with Crippen molar-refractivity contribution in [1.29, 1.82) is 0 Å². The molecule has 0 atom stereocenters. The van der Waals surface area contributed by atoms with Crippen LogP contribution < -0.4 is 15.4 Å². The fourth-order valence-electron chi connectivity index (χ4n) is 2.24. The SMILES string of the molecule is CCNC(=NCc1ccccc1OC)NCc1sc(C)nc1C.I. The number of ether oxygens (including phenoxy) is 1. The molecule has 7 heteroatoms. The van der Waals surface area contributed by atoms with Gasteiger partial charge in [-0.1, -0.05) is 18.2 Å². The second kappa shape index (κ2) is 10.5. The van der Waals surface area contributed by atoms with Crippen LogP contribution in [-0.4, -0.2) is 24.6 Å². The highest BCUT2D eigenvalue weighted by Gasteiger charge is 2.06. The van der Waals surface area contributed by atoms with Gasteiger partial charge >= 0.3 is 0 Å². The molecule has 0 bridgehead atoms. The predicted octanol–water partition coefficient (Wildman–Crippen LogP) is 3.64. The molecule has 0 unspecified atom stereocenters. The van der Waals surface area contributed by atoms with Gasteiger partial charge in [-0.05, 0) is 26.8 Å². The van der Waals surface area contributed by atoms with Gasteiger partial charge in [0.05, 0.1) is 30.9 Å². The highest BCUT2D eigenvalue weighted by molar-refractivity contribution is 14.0. The molecule has 132 valence electrons. The molecule has 24 heavy (non-hydrogen) atoms. The van der Waals surface area contributed by atoms with Gasteiger partial charge in [0, 0.05) is 17.0 Å². The van der Waals surface area contributed by atoms with Gasteiger partial charge in [0.15, 0.2) is 5.96 Å². The van der Waals surface area contributed by atoms with E-state index in [0.29, 0.717) is 6.54 Å². The molecule has 0 aliphatic carbocycles. The number of thiazole rings is 1. The molecule has 0 saturated carbocycles. The average molecular weight is 460 g/mol. The lowest BCUT2D eigenvalue weighted by Gasteiger charge is -2.11. The standard InChI is InChI=1S/C17H24N4OS.HI/c1-5-18-17(20-11-16-12(2)21-13(3)23-16)19-10-14-8-6-7-9-15(14)22-4;/h6-9H,5,10-11H2,1-4H3,(H2,18,19,20);1H. The van der Waals surface area contributed by atoms with E-state index in [9.17, 15) is 0 Å². The van der Waals surface area contributed by atoms with Gasteiger partial charge in [-0.2, -0.15) is 0 Å². The van der Waals surface area contributed by atoms with Crippen LogP contribution in [0, 0.1) is 13.8 Å². The first-order valence-electron chi connectivity index (χ1n) is 7.71. The van der Waals surface area contributed by atoms with Crippen molar-refractivity contribution in [1.82, 2.24) is 15.6 Å². The van der Waals surface area contributed by atoms with Crippen LogP contribution in [0.25, 0.3) is 0 Å². The summed E-state index contributed by atoms with van der Waals surface area (Å²) in [5.74, 6) is 1.66. The minimum Gasteiger partial charge on any atom is -0.496 e. The number of benzene rings is 1. The number of methoxy groups -OCH3 is 1. The van der Waals surface area contributed by atoms with Gasteiger partial charge in [0.1, 0.15) is 5.75 Å². The van der Waals surface area contributed by atoms with Crippen molar-refractivity contribution in [2.24, 2.45) is 4.99 Å². The Morgan fingerprint density at radius 3 is 2.62 bits per heavy atom. The number of guanidine groups is 1. The maximum absolute atomic E-state index is 5.37. The van der Waals surface area contributed by atoms with Crippen LogP contribution in [0.5, 0.6) is 5.75 Å². The molecular weight excluding hydrogens is 435 g/mol. The Bertz CT molecular complexity index is 672. The summed E-state index contributed by atoms with van der Waals surface area (Å²) in [4.78, 5) is 10.3. The van der Waals surface area contributed by atoms with Crippen LogP contribution in [0.3, 0.4) is 0 Å². The summed E-state index contributed by atoms with van der Waals surface area (Å²) < 4.78 is 5.37. The number of rotatable bonds is 6. The number of hydrogen-bond donors (Lipinski definition) is 2. The average Bonchev–Trinajstić information content (AvgIpc) is 2.88. The molecule has 2 rings (SSSR count). The molecule has 0 saturated heterocycles. The number of halogens is 1. The van der Waals surface area contributed by atoms with Crippen LogP contribution >= 0.6 is 35.3 Å². The molecule has 2 aromatic rings. The first kappa shape index (κ1) is 20.7. The second-order valence-corrected chi connectivity index (χ2v) is 6.39. The van der Waals surface area contributed by atoms with E-state index in [1.807, 2.05) is 38.1 Å². The van der Waals surface area contributed by atoms with Crippen LogP contribution in [0.4, 0.5) is 0 Å². The van der Waals surface area contributed by atoms with Crippen molar-refractivity contribution in [2.75, 3.05) is 13.7 Å². The molecule has 0 radical (unpaired) electrons. The van der Waals surface area contributed by atoms with Gasteiger partial charge in [0.2, 0.25) is 0 Å². The Labute approximate surface area is 165 Å². The van der Waals surface area contributed by atoms with E-state index in [0.717, 1.165) is 41.1 Å².